The number of ketones is 1. The zero-order chi connectivity index (χ0) is 10.8. The lowest BCUT2D eigenvalue weighted by molar-refractivity contribution is -0.134. The molecule has 0 saturated carbocycles. The molecule has 3 nitrogen and oxygen atoms in total. The minimum absolute atomic E-state index is 0.304. The molecule has 0 aliphatic heterocycles. The maximum Gasteiger partial charge on any atom is 0.165 e. The zero-order valence-electron chi connectivity index (χ0n) is 8.57. The van der Waals surface area contributed by atoms with Gasteiger partial charge in [-0.05, 0) is 19.9 Å². The molecule has 0 saturated heterocycles. The molecule has 1 unspecified atom stereocenters. The van der Waals surface area contributed by atoms with E-state index in [1.165, 1.54) is 21.0 Å². The minimum atomic E-state index is -1.48. The Balaban J connectivity index is 3.24. The fraction of sp³-hybridized carbons (Fsp3) is 0.364. The van der Waals surface area contributed by atoms with Crippen molar-refractivity contribution in [2.45, 2.75) is 19.4 Å². The van der Waals surface area contributed by atoms with Gasteiger partial charge in [-0.25, -0.2) is 0 Å². The van der Waals surface area contributed by atoms with Crippen molar-refractivity contribution in [3.05, 3.63) is 29.8 Å². The van der Waals surface area contributed by atoms with Gasteiger partial charge in [-0.3, -0.25) is 4.79 Å². The van der Waals surface area contributed by atoms with Crippen molar-refractivity contribution in [2.75, 3.05) is 7.11 Å². The molecule has 0 aromatic heterocycles. The van der Waals surface area contributed by atoms with Crippen LogP contribution < -0.4 is 4.74 Å². The highest BCUT2D eigenvalue weighted by Crippen LogP contribution is 2.29. The first kappa shape index (κ1) is 10.7. The summed E-state index contributed by atoms with van der Waals surface area (Å²) in [6.45, 7) is 2.82. The fourth-order valence-corrected chi connectivity index (χ4v) is 1.24. The number of carbonyl (C=O) groups excluding carboxylic acids is 1. The van der Waals surface area contributed by atoms with Gasteiger partial charge in [0.15, 0.2) is 5.78 Å². The first-order valence-corrected chi connectivity index (χ1v) is 4.37. The molecule has 76 valence electrons. The molecule has 1 aromatic rings. The third-order valence-electron chi connectivity index (χ3n) is 2.32. The molecule has 0 radical (unpaired) electrons. The lowest BCUT2D eigenvalue weighted by Crippen LogP contribution is -2.30. The van der Waals surface area contributed by atoms with Gasteiger partial charge < -0.3 is 9.84 Å². The highest BCUT2D eigenvalue weighted by molar-refractivity contribution is 5.86. The molecule has 0 aliphatic carbocycles. The van der Waals surface area contributed by atoms with Crippen molar-refractivity contribution in [1.82, 2.24) is 0 Å². The Morgan fingerprint density at radius 3 is 2.50 bits per heavy atom. The van der Waals surface area contributed by atoms with Gasteiger partial charge in [0.05, 0.1) is 7.11 Å². The molecule has 0 amide bonds. The number of para-hydroxylation sites is 1. The Morgan fingerprint density at radius 1 is 1.43 bits per heavy atom. The summed E-state index contributed by atoms with van der Waals surface area (Å²) in [5.41, 5.74) is -0.984. The van der Waals surface area contributed by atoms with Crippen LogP contribution >= 0.6 is 0 Å². The average Bonchev–Trinajstić information content (AvgIpc) is 2.17. The zero-order valence-corrected chi connectivity index (χ0v) is 8.57. The number of hydrogen-bond donors (Lipinski definition) is 1. The minimum Gasteiger partial charge on any atom is -0.496 e. The highest BCUT2D eigenvalue weighted by Gasteiger charge is 2.31. The van der Waals surface area contributed by atoms with Crippen molar-refractivity contribution in [2.24, 2.45) is 0 Å². The summed E-state index contributed by atoms with van der Waals surface area (Å²) < 4.78 is 5.07. The van der Waals surface area contributed by atoms with E-state index < -0.39 is 5.60 Å². The van der Waals surface area contributed by atoms with Gasteiger partial charge in [0.1, 0.15) is 11.4 Å². The lowest BCUT2D eigenvalue weighted by atomic mass is 9.91. The number of hydrogen-bond acceptors (Lipinski definition) is 3. The third kappa shape index (κ3) is 1.77. The molecule has 0 spiro atoms. The molecule has 1 atom stereocenters. The van der Waals surface area contributed by atoms with Crippen LogP contribution in [0.2, 0.25) is 0 Å². The maximum atomic E-state index is 11.2. The van der Waals surface area contributed by atoms with Gasteiger partial charge in [0.25, 0.3) is 0 Å². The monoisotopic (exact) mass is 194 g/mol. The van der Waals surface area contributed by atoms with E-state index in [0.717, 1.165) is 0 Å². The van der Waals surface area contributed by atoms with Crippen molar-refractivity contribution >= 4 is 5.78 Å². The second kappa shape index (κ2) is 3.80. The Hall–Kier alpha value is -1.35. The first-order valence-electron chi connectivity index (χ1n) is 4.37. The molecule has 0 bridgehead atoms. The van der Waals surface area contributed by atoms with Crippen LogP contribution in [0.25, 0.3) is 0 Å². The SMILES string of the molecule is COc1ccccc1C(C)(O)C(C)=O. The topological polar surface area (TPSA) is 46.5 Å². The van der Waals surface area contributed by atoms with Crippen LogP contribution in [0.5, 0.6) is 5.75 Å². The standard InChI is InChI=1S/C11H14O3/c1-8(12)11(2,13)9-6-4-5-7-10(9)14-3/h4-7,13H,1-3H3. The van der Waals surface area contributed by atoms with Crippen LogP contribution in [0.1, 0.15) is 19.4 Å². The summed E-state index contributed by atoms with van der Waals surface area (Å²) in [4.78, 5) is 11.2. The Bertz CT molecular complexity index is 342. The molecule has 14 heavy (non-hydrogen) atoms. The quantitative estimate of drug-likeness (QED) is 0.793. The number of rotatable bonds is 3. The summed E-state index contributed by atoms with van der Waals surface area (Å²) in [5, 5.41) is 9.95. The van der Waals surface area contributed by atoms with E-state index in [1.807, 2.05) is 0 Å². The van der Waals surface area contributed by atoms with Crippen LogP contribution in [-0.2, 0) is 10.4 Å². The van der Waals surface area contributed by atoms with Crippen LogP contribution in [0.15, 0.2) is 24.3 Å². The summed E-state index contributed by atoms with van der Waals surface area (Å²) in [6, 6.07) is 6.95. The molecule has 0 heterocycles. The molecular formula is C11H14O3. The van der Waals surface area contributed by atoms with E-state index in [4.69, 9.17) is 4.74 Å². The normalized spacial score (nSPS) is 14.6. The van der Waals surface area contributed by atoms with Crippen LogP contribution in [0.3, 0.4) is 0 Å². The Morgan fingerprint density at radius 2 is 2.00 bits per heavy atom. The van der Waals surface area contributed by atoms with Crippen molar-refractivity contribution in [3.63, 3.8) is 0 Å². The van der Waals surface area contributed by atoms with Gasteiger partial charge in [-0.1, -0.05) is 18.2 Å². The predicted molar refractivity (Wildman–Crippen MR) is 53.2 cm³/mol. The fourth-order valence-electron chi connectivity index (χ4n) is 1.24. The Labute approximate surface area is 83.3 Å². The van der Waals surface area contributed by atoms with E-state index in [-0.39, 0.29) is 5.78 Å². The Kier molecular flexibility index (Phi) is 2.91. The molecule has 1 aromatic carbocycles. The van der Waals surface area contributed by atoms with Gasteiger partial charge in [0, 0.05) is 5.56 Å². The first-order chi connectivity index (χ1) is 6.50. The molecule has 1 rings (SSSR count). The number of aliphatic hydroxyl groups is 1. The number of methoxy groups -OCH3 is 1. The van der Waals surface area contributed by atoms with Crippen molar-refractivity contribution in [1.29, 1.82) is 0 Å². The largest absolute Gasteiger partial charge is 0.496 e. The summed E-state index contributed by atoms with van der Waals surface area (Å²) in [7, 11) is 1.51. The van der Waals surface area contributed by atoms with Crippen molar-refractivity contribution < 1.29 is 14.6 Å². The average molecular weight is 194 g/mol. The molecule has 0 aliphatic rings. The highest BCUT2D eigenvalue weighted by atomic mass is 16.5. The summed E-state index contributed by atoms with van der Waals surface area (Å²) >= 11 is 0. The molecule has 3 heteroatoms. The van der Waals surface area contributed by atoms with Crippen LogP contribution in [0.4, 0.5) is 0 Å². The smallest absolute Gasteiger partial charge is 0.165 e. The van der Waals surface area contributed by atoms with E-state index in [1.54, 1.807) is 24.3 Å². The number of carbonyl (C=O) groups is 1. The van der Waals surface area contributed by atoms with E-state index in [2.05, 4.69) is 0 Å². The second-order valence-corrected chi connectivity index (χ2v) is 3.33. The van der Waals surface area contributed by atoms with E-state index in [0.29, 0.717) is 11.3 Å². The third-order valence-corrected chi connectivity index (χ3v) is 2.32. The van der Waals surface area contributed by atoms with E-state index >= 15 is 0 Å². The lowest BCUT2D eigenvalue weighted by Gasteiger charge is -2.22. The molecule has 0 fully saturated rings. The van der Waals surface area contributed by atoms with Gasteiger partial charge >= 0.3 is 0 Å². The predicted octanol–water partition coefficient (Wildman–Crippen LogP) is 1.49. The maximum absolute atomic E-state index is 11.2. The number of Topliss-reactive ketones (excluding diaryl/α,β-unsaturated/α-hetero) is 1. The van der Waals surface area contributed by atoms with Crippen LogP contribution in [-0.4, -0.2) is 18.0 Å². The summed E-state index contributed by atoms with van der Waals surface area (Å²) in [6.07, 6.45) is 0. The van der Waals surface area contributed by atoms with Crippen molar-refractivity contribution in [3.8, 4) is 5.75 Å². The number of benzene rings is 1. The number of ether oxygens (including phenoxy) is 1. The van der Waals surface area contributed by atoms with E-state index in [9.17, 15) is 9.90 Å². The van der Waals surface area contributed by atoms with Gasteiger partial charge in [-0.2, -0.15) is 0 Å². The molecular weight excluding hydrogens is 180 g/mol. The molecule has 1 N–H and O–H groups in total. The second-order valence-electron chi connectivity index (χ2n) is 3.33. The van der Waals surface area contributed by atoms with Crippen LogP contribution in [0, 0.1) is 0 Å². The van der Waals surface area contributed by atoms with Gasteiger partial charge in [0.2, 0.25) is 0 Å². The van der Waals surface area contributed by atoms with Gasteiger partial charge in [-0.15, -0.1) is 0 Å². The summed E-state index contributed by atoms with van der Waals surface area (Å²) in [5.74, 6) is 0.217.